The highest BCUT2D eigenvalue weighted by Gasteiger charge is 2.30. The van der Waals surface area contributed by atoms with E-state index in [4.69, 9.17) is 0 Å². The van der Waals surface area contributed by atoms with Crippen LogP contribution in [0.1, 0.15) is 5.56 Å². The summed E-state index contributed by atoms with van der Waals surface area (Å²) in [6.07, 6.45) is 0. The predicted molar refractivity (Wildman–Crippen MR) is 86.0 cm³/mol. The Morgan fingerprint density at radius 3 is 2.21 bits per heavy atom. The Balaban J connectivity index is 1.64. The zero-order valence-corrected chi connectivity index (χ0v) is 13.9. The molecule has 0 spiro atoms. The molecule has 0 bridgehead atoms. The van der Waals surface area contributed by atoms with Crippen molar-refractivity contribution in [2.45, 2.75) is 11.4 Å². The van der Waals surface area contributed by atoms with Crippen molar-refractivity contribution in [3.63, 3.8) is 0 Å². The normalized spacial score (nSPS) is 17.1. The second-order valence-electron chi connectivity index (χ2n) is 5.88. The van der Waals surface area contributed by atoms with E-state index in [0.717, 1.165) is 17.0 Å². The maximum atomic E-state index is 13.7. The first-order valence-corrected chi connectivity index (χ1v) is 9.23. The van der Waals surface area contributed by atoms with Gasteiger partial charge < -0.3 is 4.90 Å². The summed E-state index contributed by atoms with van der Waals surface area (Å²) in [5, 5.41) is 0. The van der Waals surface area contributed by atoms with Crippen LogP contribution in [-0.4, -0.2) is 38.9 Å². The molecule has 1 fully saturated rings. The molecule has 0 unspecified atom stereocenters. The highest BCUT2D eigenvalue weighted by atomic mass is 32.2. The van der Waals surface area contributed by atoms with Crippen molar-refractivity contribution >= 4 is 10.0 Å². The van der Waals surface area contributed by atoms with Gasteiger partial charge >= 0.3 is 0 Å². The summed E-state index contributed by atoms with van der Waals surface area (Å²) in [6, 6.07) is 11.5. The number of sulfonamides is 1. The van der Waals surface area contributed by atoms with Crippen molar-refractivity contribution in [2.24, 2.45) is 0 Å². The van der Waals surface area contributed by atoms with Crippen LogP contribution in [0, 0.1) is 11.6 Å². The van der Waals surface area contributed by atoms with E-state index in [1.54, 1.807) is 18.2 Å². The number of piperazine rings is 1. The van der Waals surface area contributed by atoms with Gasteiger partial charge in [0.25, 0.3) is 0 Å². The van der Waals surface area contributed by atoms with Gasteiger partial charge in [0.1, 0.15) is 18.2 Å². The third kappa shape index (κ3) is 3.63. The molecule has 128 valence electrons. The second-order valence-corrected chi connectivity index (χ2v) is 7.81. The molecule has 2 aromatic rings. The maximum absolute atomic E-state index is 13.7. The summed E-state index contributed by atoms with van der Waals surface area (Å²) in [4.78, 5) is 1.24. The molecule has 7 heteroatoms. The van der Waals surface area contributed by atoms with Gasteiger partial charge in [-0.25, -0.2) is 17.2 Å². The van der Waals surface area contributed by atoms with E-state index >= 15 is 0 Å². The van der Waals surface area contributed by atoms with Gasteiger partial charge in [-0.3, -0.25) is 0 Å². The molecule has 3 rings (SSSR count). The number of hydrogen-bond donors (Lipinski definition) is 1. The van der Waals surface area contributed by atoms with Crippen molar-refractivity contribution in [1.29, 1.82) is 0 Å². The first-order chi connectivity index (χ1) is 11.5. The molecule has 1 aliphatic rings. The molecule has 1 heterocycles. The smallest absolute Gasteiger partial charge is 0.243 e. The topological polar surface area (TPSA) is 41.8 Å². The summed E-state index contributed by atoms with van der Waals surface area (Å²) in [6.45, 7) is 2.48. The number of hydrogen-bond acceptors (Lipinski definition) is 2. The Morgan fingerprint density at radius 1 is 0.958 bits per heavy atom. The molecule has 0 radical (unpaired) electrons. The standard InChI is InChI=1S/C17H18F2N2O2S/c18-15-5-7-16(8-6-15)24(22,23)21-11-9-20(10-12-21)13-14-3-1-2-4-17(14)19/h1-8H,9-13H2/p+1. The fraction of sp³-hybridized carbons (Fsp3) is 0.294. The van der Waals surface area contributed by atoms with E-state index in [0.29, 0.717) is 38.3 Å². The fourth-order valence-electron chi connectivity index (χ4n) is 2.89. The number of rotatable bonds is 4. The Bertz CT molecular complexity index is 802. The van der Waals surface area contributed by atoms with Crippen LogP contribution < -0.4 is 4.90 Å². The lowest BCUT2D eigenvalue weighted by Crippen LogP contribution is -3.13. The lowest BCUT2D eigenvalue weighted by Gasteiger charge is -2.31. The molecule has 0 saturated carbocycles. The molecule has 0 amide bonds. The van der Waals surface area contributed by atoms with Crippen LogP contribution in [0.4, 0.5) is 8.78 Å². The molecule has 1 N–H and O–H groups in total. The van der Waals surface area contributed by atoms with E-state index in [1.807, 2.05) is 0 Å². The fourth-order valence-corrected chi connectivity index (χ4v) is 4.33. The number of halogens is 2. The van der Waals surface area contributed by atoms with Crippen LogP contribution in [0.5, 0.6) is 0 Å². The van der Waals surface area contributed by atoms with Gasteiger partial charge in [-0.05, 0) is 30.3 Å². The molecule has 4 nitrogen and oxygen atoms in total. The van der Waals surface area contributed by atoms with E-state index < -0.39 is 15.8 Å². The molecule has 1 aliphatic heterocycles. The zero-order valence-electron chi connectivity index (χ0n) is 13.1. The molecular weight excluding hydrogens is 334 g/mol. The zero-order chi connectivity index (χ0) is 17.2. The van der Waals surface area contributed by atoms with Gasteiger partial charge in [-0.1, -0.05) is 18.2 Å². The Hall–Kier alpha value is -1.83. The van der Waals surface area contributed by atoms with Crippen LogP contribution in [0.2, 0.25) is 0 Å². The third-order valence-corrected chi connectivity index (χ3v) is 6.19. The summed E-state index contributed by atoms with van der Waals surface area (Å²) in [5.41, 5.74) is 0.641. The van der Waals surface area contributed by atoms with Crippen molar-refractivity contribution in [2.75, 3.05) is 26.2 Å². The van der Waals surface area contributed by atoms with Crippen molar-refractivity contribution in [1.82, 2.24) is 4.31 Å². The van der Waals surface area contributed by atoms with Crippen LogP contribution in [0.25, 0.3) is 0 Å². The molecule has 0 aromatic heterocycles. The SMILES string of the molecule is O=S(=O)(c1ccc(F)cc1)N1CC[NH+](Cc2ccccc2F)CC1. The van der Waals surface area contributed by atoms with Gasteiger partial charge in [0, 0.05) is 5.56 Å². The summed E-state index contributed by atoms with van der Waals surface area (Å²) < 4.78 is 53.2. The van der Waals surface area contributed by atoms with Crippen molar-refractivity contribution < 1.29 is 22.1 Å². The number of quaternary nitrogens is 1. The Labute approximate surface area is 140 Å². The largest absolute Gasteiger partial charge is 0.329 e. The van der Waals surface area contributed by atoms with Crippen LogP contribution >= 0.6 is 0 Å². The molecule has 24 heavy (non-hydrogen) atoms. The summed E-state index contributed by atoms with van der Waals surface area (Å²) in [7, 11) is -3.60. The van der Waals surface area contributed by atoms with Crippen molar-refractivity contribution in [3.05, 3.63) is 65.7 Å². The van der Waals surface area contributed by atoms with Gasteiger partial charge in [0.15, 0.2) is 0 Å². The highest BCUT2D eigenvalue weighted by Crippen LogP contribution is 2.16. The molecular formula is C17H19F2N2O2S+. The first kappa shape index (κ1) is 17.0. The average Bonchev–Trinajstić information content (AvgIpc) is 2.58. The van der Waals surface area contributed by atoms with E-state index in [2.05, 4.69) is 0 Å². The summed E-state index contributed by atoms with van der Waals surface area (Å²) in [5.74, 6) is -0.695. The van der Waals surface area contributed by atoms with Crippen LogP contribution in [0.15, 0.2) is 53.4 Å². The monoisotopic (exact) mass is 353 g/mol. The van der Waals surface area contributed by atoms with Crippen molar-refractivity contribution in [3.8, 4) is 0 Å². The van der Waals surface area contributed by atoms with E-state index in [1.165, 1.54) is 22.5 Å². The first-order valence-electron chi connectivity index (χ1n) is 7.79. The number of benzene rings is 2. The van der Waals surface area contributed by atoms with Gasteiger partial charge in [-0.2, -0.15) is 4.31 Å². The minimum absolute atomic E-state index is 0.0986. The third-order valence-electron chi connectivity index (χ3n) is 4.28. The quantitative estimate of drug-likeness (QED) is 0.893. The van der Waals surface area contributed by atoms with Gasteiger partial charge in [0.2, 0.25) is 10.0 Å². The van der Waals surface area contributed by atoms with Gasteiger partial charge in [-0.15, -0.1) is 0 Å². The van der Waals surface area contributed by atoms with Crippen LogP contribution in [0.3, 0.4) is 0 Å². The van der Waals surface area contributed by atoms with Crippen LogP contribution in [-0.2, 0) is 16.6 Å². The Morgan fingerprint density at radius 2 is 1.58 bits per heavy atom. The molecule has 0 aliphatic carbocycles. The maximum Gasteiger partial charge on any atom is 0.243 e. The predicted octanol–water partition coefficient (Wildman–Crippen LogP) is 1.05. The molecule has 1 saturated heterocycles. The Kier molecular flexibility index (Phi) is 4.93. The molecule has 0 atom stereocenters. The minimum Gasteiger partial charge on any atom is -0.329 e. The lowest BCUT2D eigenvalue weighted by atomic mass is 10.2. The number of nitrogens with one attached hydrogen (secondary N) is 1. The minimum atomic E-state index is -3.60. The second kappa shape index (κ2) is 6.96. The van der Waals surface area contributed by atoms with E-state index in [9.17, 15) is 17.2 Å². The lowest BCUT2D eigenvalue weighted by molar-refractivity contribution is -0.917. The average molecular weight is 353 g/mol. The summed E-state index contributed by atoms with van der Waals surface area (Å²) >= 11 is 0. The van der Waals surface area contributed by atoms with Gasteiger partial charge in [0.05, 0.1) is 31.1 Å². The highest BCUT2D eigenvalue weighted by molar-refractivity contribution is 7.89. The molecule has 2 aromatic carbocycles. The number of nitrogens with zero attached hydrogens (tertiary/aromatic N) is 1. The van der Waals surface area contributed by atoms with E-state index in [-0.39, 0.29) is 10.7 Å².